The topological polar surface area (TPSA) is 62.8 Å². The first-order valence-electron chi connectivity index (χ1n) is 8.89. The molecule has 4 rings (SSSR count). The number of H-pyrrole nitrogens is 1. The molecule has 130 valence electrons. The minimum Gasteiger partial charge on any atom is -0.497 e. The Morgan fingerprint density at radius 1 is 1.00 bits per heavy atom. The fourth-order valence-electron chi connectivity index (χ4n) is 3.93. The number of piperidine rings is 1. The molecule has 1 aromatic carbocycles. The van der Waals surface area contributed by atoms with E-state index in [9.17, 15) is 0 Å². The molecule has 3 heterocycles. The van der Waals surface area contributed by atoms with E-state index in [0.29, 0.717) is 18.0 Å². The summed E-state index contributed by atoms with van der Waals surface area (Å²) in [5.41, 5.74) is 4.21. The summed E-state index contributed by atoms with van der Waals surface area (Å²) >= 11 is 0. The van der Waals surface area contributed by atoms with Crippen molar-refractivity contribution in [1.29, 1.82) is 0 Å². The number of hydrogen-bond acceptors (Lipinski definition) is 4. The molecule has 3 aromatic rings. The third-order valence-electron chi connectivity index (χ3n) is 5.01. The van der Waals surface area contributed by atoms with Crippen molar-refractivity contribution in [3.05, 3.63) is 42.2 Å². The zero-order valence-electron chi connectivity index (χ0n) is 14.9. The Morgan fingerprint density at radius 3 is 2.40 bits per heavy atom. The quantitative estimate of drug-likeness (QED) is 0.762. The Bertz CT molecular complexity index is 861. The maximum absolute atomic E-state index is 5.25. The lowest BCUT2D eigenvalue weighted by atomic mass is 9.86. The molecule has 1 fully saturated rings. The molecule has 1 saturated heterocycles. The SMILES string of the molecule is COc1ccc(-c2nc(C3CC(C)NC(C)C3)c3[nH]ccc3n2)cc1. The van der Waals surface area contributed by atoms with Crippen molar-refractivity contribution >= 4 is 11.0 Å². The Kier molecular flexibility index (Phi) is 4.17. The third kappa shape index (κ3) is 3.12. The highest BCUT2D eigenvalue weighted by Crippen LogP contribution is 2.34. The first-order chi connectivity index (χ1) is 12.1. The number of aromatic nitrogens is 3. The lowest BCUT2D eigenvalue weighted by Crippen LogP contribution is -2.41. The maximum atomic E-state index is 5.25. The molecule has 5 heteroatoms. The van der Waals surface area contributed by atoms with Gasteiger partial charge in [0, 0.05) is 29.8 Å². The monoisotopic (exact) mass is 336 g/mol. The van der Waals surface area contributed by atoms with Crippen molar-refractivity contribution in [3.8, 4) is 17.1 Å². The van der Waals surface area contributed by atoms with Gasteiger partial charge >= 0.3 is 0 Å². The first-order valence-corrected chi connectivity index (χ1v) is 8.89. The molecular formula is C20H24N4O. The molecule has 0 radical (unpaired) electrons. The van der Waals surface area contributed by atoms with Gasteiger partial charge in [-0.3, -0.25) is 0 Å². The van der Waals surface area contributed by atoms with E-state index < -0.39 is 0 Å². The summed E-state index contributed by atoms with van der Waals surface area (Å²) in [6, 6.07) is 11.0. The van der Waals surface area contributed by atoms with Crippen molar-refractivity contribution in [1.82, 2.24) is 20.3 Å². The van der Waals surface area contributed by atoms with Crippen LogP contribution in [0.4, 0.5) is 0 Å². The van der Waals surface area contributed by atoms with Gasteiger partial charge in [-0.15, -0.1) is 0 Å². The van der Waals surface area contributed by atoms with Crippen LogP contribution in [0.1, 0.15) is 38.3 Å². The van der Waals surface area contributed by atoms with Crippen LogP contribution in [0.2, 0.25) is 0 Å². The van der Waals surface area contributed by atoms with Gasteiger partial charge in [0.25, 0.3) is 0 Å². The fourth-order valence-corrected chi connectivity index (χ4v) is 3.93. The van der Waals surface area contributed by atoms with Crippen molar-refractivity contribution in [2.24, 2.45) is 0 Å². The van der Waals surface area contributed by atoms with Gasteiger partial charge in [0.1, 0.15) is 5.75 Å². The predicted octanol–water partition coefficient (Wildman–Crippen LogP) is 3.88. The highest BCUT2D eigenvalue weighted by Gasteiger charge is 2.28. The number of rotatable bonds is 3. The average molecular weight is 336 g/mol. The molecule has 2 unspecified atom stereocenters. The van der Waals surface area contributed by atoms with Crippen molar-refractivity contribution < 1.29 is 4.74 Å². The zero-order valence-corrected chi connectivity index (χ0v) is 14.9. The Morgan fingerprint density at radius 2 is 1.72 bits per heavy atom. The second-order valence-corrected chi connectivity index (χ2v) is 7.04. The second-order valence-electron chi connectivity index (χ2n) is 7.04. The molecule has 0 aliphatic carbocycles. The number of aromatic amines is 1. The van der Waals surface area contributed by atoms with Gasteiger partial charge in [-0.2, -0.15) is 0 Å². The zero-order chi connectivity index (χ0) is 17.4. The molecule has 5 nitrogen and oxygen atoms in total. The largest absolute Gasteiger partial charge is 0.497 e. The Labute approximate surface area is 147 Å². The number of methoxy groups -OCH3 is 1. The number of nitrogens with one attached hydrogen (secondary N) is 2. The van der Waals surface area contributed by atoms with Gasteiger partial charge in [0.15, 0.2) is 5.82 Å². The van der Waals surface area contributed by atoms with Gasteiger partial charge in [-0.1, -0.05) is 0 Å². The van der Waals surface area contributed by atoms with Crippen molar-refractivity contribution in [3.63, 3.8) is 0 Å². The Balaban J connectivity index is 1.79. The lowest BCUT2D eigenvalue weighted by Gasteiger charge is -2.32. The van der Waals surface area contributed by atoms with E-state index in [0.717, 1.165) is 46.7 Å². The number of hydrogen-bond donors (Lipinski definition) is 2. The van der Waals surface area contributed by atoms with Crippen LogP contribution in [0, 0.1) is 0 Å². The highest BCUT2D eigenvalue weighted by molar-refractivity contribution is 5.80. The van der Waals surface area contributed by atoms with Crippen LogP contribution in [0.25, 0.3) is 22.4 Å². The average Bonchev–Trinajstić information content (AvgIpc) is 3.08. The van der Waals surface area contributed by atoms with E-state index >= 15 is 0 Å². The molecule has 0 spiro atoms. The van der Waals surface area contributed by atoms with Crippen LogP contribution in [-0.2, 0) is 0 Å². The maximum Gasteiger partial charge on any atom is 0.160 e. The molecule has 0 saturated carbocycles. The Hall–Kier alpha value is -2.40. The third-order valence-corrected chi connectivity index (χ3v) is 5.01. The fraction of sp³-hybridized carbons (Fsp3) is 0.400. The van der Waals surface area contributed by atoms with Gasteiger partial charge < -0.3 is 15.0 Å². The van der Waals surface area contributed by atoms with E-state index in [2.05, 4.69) is 24.1 Å². The smallest absolute Gasteiger partial charge is 0.160 e. The molecule has 2 atom stereocenters. The van der Waals surface area contributed by atoms with Crippen LogP contribution < -0.4 is 10.1 Å². The number of fused-ring (bicyclic) bond motifs is 1. The molecule has 2 N–H and O–H groups in total. The van der Waals surface area contributed by atoms with Crippen LogP contribution in [0.3, 0.4) is 0 Å². The highest BCUT2D eigenvalue weighted by atomic mass is 16.5. The summed E-state index contributed by atoms with van der Waals surface area (Å²) in [5.74, 6) is 2.06. The molecule has 0 bridgehead atoms. The summed E-state index contributed by atoms with van der Waals surface area (Å²) in [4.78, 5) is 13.1. The summed E-state index contributed by atoms with van der Waals surface area (Å²) in [7, 11) is 1.68. The lowest BCUT2D eigenvalue weighted by molar-refractivity contribution is 0.314. The molecule has 1 aliphatic rings. The van der Waals surface area contributed by atoms with E-state index in [4.69, 9.17) is 14.7 Å². The van der Waals surface area contributed by atoms with Crippen molar-refractivity contribution in [2.45, 2.75) is 44.7 Å². The molecule has 2 aromatic heterocycles. The minimum atomic E-state index is 0.437. The number of benzene rings is 1. The van der Waals surface area contributed by atoms with Gasteiger partial charge in [0.2, 0.25) is 0 Å². The molecule has 25 heavy (non-hydrogen) atoms. The molecule has 1 aliphatic heterocycles. The van der Waals surface area contributed by atoms with Crippen LogP contribution in [-0.4, -0.2) is 34.1 Å². The van der Waals surface area contributed by atoms with Crippen LogP contribution in [0.5, 0.6) is 5.75 Å². The summed E-state index contributed by atoms with van der Waals surface area (Å²) in [6.07, 6.45) is 4.14. The van der Waals surface area contributed by atoms with Gasteiger partial charge in [-0.25, -0.2) is 9.97 Å². The molecule has 0 amide bonds. The number of nitrogens with zero attached hydrogens (tertiary/aromatic N) is 2. The van der Waals surface area contributed by atoms with E-state index in [1.165, 1.54) is 0 Å². The number of ether oxygens (including phenoxy) is 1. The summed E-state index contributed by atoms with van der Waals surface area (Å²) < 4.78 is 5.25. The van der Waals surface area contributed by atoms with E-state index in [-0.39, 0.29) is 0 Å². The van der Waals surface area contributed by atoms with Gasteiger partial charge in [0.05, 0.1) is 23.8 Å². The minimum absolute atomic E-state index is 0.437. The van der Waals surface area contributed by atoms with E-state index in [1.807, 2.05) is 36.5 Å². The van der Waals surface area contributed by atoms with Gasteiger partial charge in [-0.05, 0) is 57.0 Å². The summed E-state index contributed by atoms with van der Waals surface area (Å²) in [5, 5.41) is 3.61. The second kappa shape index (κ2) is 6.48. The first kappa shape index (κ1) is 16.1. The van der Waals surface area contributed by atoms with Crippen molar-refractivity contribution in [2.75, 3.05) is 7.11 Å². The standard InChI is InChI=1S/C20H24N4O/c1-12-10-15(11-13(2)22-12)18-19-17(8-9-21-19)23-20(24-18)14-4-6-16(25-3)7-5-14/h4-9,12-13,15,21-22H,10-11H2,1-3H3. The van der Waals surface area contributed by atoms with Crippen LogP contribution in [0.15, 0.2) is 36.5 Å². The normalized spacial score (nSPS) is 23.7. The van der Waals surface area contributed by atoms with Crippen LogP contribution >= 0.6 is 0 Å². The molecular weight excluding hydrogens is 312 g/mol. The summed E-state index contributed by atoms with van der Waals surface area (Å²) in [6.45, 7) is 4.50. The van der Waals surface area contributed by atoms with E-state index in [1.54, 1.807) is 7.11 Å². The predicted molar refractivity (Wildman–Crippen MR) is 99.9 cm³/mol.